The van der Waals surface area contributed by atoms with Crippen molar-refractivity contribution in [2.45, 2.75) is 31.2 Å². The predicted molar refractivity (Wildman–Crippen MR) is 120 cm³/mol. The van der Waals surface area contributed by atoms with Gasteiger partial charge >= 0.3 is 13.7 Å². The first kappa shape index (κ1) is 25.2. The molecule has 0 radical (unpaired) electrons. The minimum Gasteiger partial charge on any atom is -0.465 e. The molecule has 1 fully saturated rings. The van der Waals surface area contributed by atoms with E-state index in [1.807, 2.05) is 44.2 Å². The van der Waals surface area contributed by atoms with Gasteiger partial charge in [0.05, 0.1) is 13.2 Å². The van der Waals surface area contributed by atoms with Crippen molar-refractivity contribution in [3.63, 3.8) is 0 Å². The molecule has 170 valence electrons. The van der Waals surface area contributed by atoms with E-state index in [0.717, 1.165) is 44.0 Å². The van der Waals surface area contributed by atoms with Crippen LogP contribution in [-0.4, -0.2) is 85.0 Å². The van der Waals surface area contributed by atoms with Gasteiger partial charge in [0.2, 0.25) is 0 Å². The minimum absolute atomic E-state index is 0.109. The highest BCUT2D eigenvalue weighted by Gasteiger charge is 2.29. The van der Waals surface area contributed by atoms with Crippen LogP contribution < -0.4 is 5.32 Å². The smallest absolute Gasteiger partial charge is 0.404 e. The number of thioether (sulfide) groups is 1. The topological polar surface area (TPSA) is 91.3 Å². The molecule has 2 N–H and O–H groups in total. The van der Waals surface area contributed by atoms with Crippen LogP contribution >= 0.6 is 19.4 Å². The van der Waals surface area contributed by atoms with Crippen LogP contribution in [0.1, 0.15) is 20.3 Å². The number of carbonyl (C=O) groups is 1. The molecule has 0 saturated carbocycles. The Bertz CT molecular complexity index is 664. The summed E-state index contributed by atoms with van der Waals surface area (Å²) in [6.45, 7) is 8.49. The quantitative estimate of drug-likeness (QED) is 0.341. The fourth-order valence-electron chi connectivity index (χ4n) is 3.34. The highest BCUT2D eigenvalue weighted by molar-refractivity contribution is 7.99. The summed E-state index contributed by atoms with van der Waals surface area (Å²) >= 11 is 1.66. The van der Waals surface area contributed by atoms with E-state index < -0.39 is 13.7 Å². The van der Waals surface area contributed by atoms with Crippen molar-refractivity contribution in [1.29, 1.82) is 0 Å². The van der Waals surface area contributed by atoms with E-state index in [1.165, 1.54) is 0 Å². The van der Waals surface area contributed by atoms with Crippen molar-refractivity contribution in [3.8, 4) is 0 Å². The molecule has 1 aromatic rings. The summed E-state index contributed by atoms with van der Waals surface area (Å²) in [5.74, 6) is 0.697. The number of carboxylic acid groups (broad SMARTS) is 1. The van der Waals surface area contributed by atoms with Gasteiger partial charge in [0.25, 0.3) is 0 Å². The Morgan fingerprint density at radius 2 is 1.73 bits per heavy atom. The first-order valence-electron chi connectivity index (χ1n) is 10.4. The van der Waals surface area contributed by atoms with Crippen LogP contribution in [-0.2, 0) is 13.6 Å². The average Bonchev–Trinajstić information content (AvgIpc) is 2.72. The first-order chi connectivity index (χ1) is 14.4. The Labute approximate surface area is 183 Å². The van der Waals surface area contributed by atoms with Crippen molar-refractivity contribution in [2.24, 2.45) is 0 Å². The number of hydrogen-bond acceptors (Lipinski definition) is 7. The number of piperazine rings is 1. The molecule has 10 heteroatoms. The zero-order valence-electron chi connectivity index (χ0n) is 17.9. The molecular formula is C20H34N3O5PS. The van der Waals surface area contributed by atoms with Crippen LogP contribution in [0.5, 0.6) is 0 Å². The van der Waals surface area contributed by atoms with Gasteiger partial charge in [-0.15, -0.1) is 11.8 Å². The fraction of sp³-hybridized carbons (Fsp3) is 0.650. The van der Waals surface area contributed by atoms with Crippen molar-refractivity contribution in [3.05, 3.63) is 30.3 Å². The lowest BCUT2D eigenvalue weighted by Crippen LogP contribution is -2.48. The van der Waals surface area contributed by atoms with Crippen LogP contribution in [0, 0.1) is 0 Å². The van der Waals surface area contributed by atoms with Crippen LogP contribution in [0.25, 0.3) is 0 Å². The SMILES string of the molecule is CCOP(=O)(CN1CCN(CCC(CSc2ccccc2)NC(=O)O)CC1)OCC. The summed E-state index contributed by atoms with van der Waals surface area (Å²) in [5.41, 5.74) is 0. The summed E-state index contributed by atoms with van der Waals surface area (Å²) in [7, 11) is -3.06. The van der Waals surface area contributed by atoms with Gasteiger partial charge in [-0.3, -0.25) is 9.46 Å². The second kappa shape index (κ2) is 13.3. The molecule has 2 rings (SSSR count). The maximum absolute atomic E-state index is 12.7. The highest BCUT2D eigenvalue weighted by Crippen LogP contribution is 2.48. The van der Waals surface area contributed by atoms with E-state index in [1.54, 1.807) is 11.8 Å². The van der Waals surface area contributed by atoms with Gasteiger partial charge in [-0.1, -0.05) is 18.2 Å². The lowest BCUT2D eigenvalue weighted by molar-refractivity contribution is 0.128. The van der Waals surface area contributed by atoms with Crippen LogP contribution in [0.15, 0.2) is 35.2 Å². The van der Waals surface area contributed by atoms with Crippen molar-refractivity contribution < 1.29 is 23.5 Å². The number of hydrogen-bond donors (Lipinski definition) is 2. The second-order valence-corrected chi connectivity index (χ2v) is 10.2. The zero-order valence-corrected chi connectivity index (χ0v) is 19.6. The van der Waals surface area contributed by atoms with Gasteiger partial charge in [-0.2, -0.15) is 0 Å². The number of rotatable bonds is 13. The van der Waals surface area contributed by atoms with Gasteiger partial charge < -0.3 is 24.4 Å². The molecule has 1 atom stereocenters. The van der Waals surface area contributed by atoms with E-state index in [4.69, 9.17) is 14.2 Å². The molecule has 1 aromatic carbocycles. The van der Waals surface area contributed by atoms with Gasteiger partial charge in [-0.25, -0.2) is 4.79 Å². The zero-order chi connectivity index (χ0) is 21.8. The van der Waals surface area contributed by atoms with E-state index in [-0.39, 0.29) is 6.04 Å². The first-order valence-corrected chi connectivity index (χ1v) is 13.2. The number of benzene rings is 1. The maximum Gasteiger partial charge on any atom is 0.404 e. The number of nitrogens with zero attached hydrogens (tertiary/aromatic N) is 2. The number of nitrogens with one attached hydrogen (secondary N) is 1. The summed E-state index contributed by atoms with van der Waals surface area (Å²) in [4.78, 5) is 16.8. The Hall–Kier alpha value is -1.09. The Morgan fingerprint density at radius 1 is 1.13 bits per heavy atom. The summed E-state index contributed by atoms with van der Waals surface area (Å²) in [6.07, 6.45) is 0.0863. The lowest BCUT2D eigenvalue weighted by atomic mass is 10.2. The summed E-state index contributed by atoms with van der Waals surface area (Å²) in [6, 6.07) is 9.89. The molecule has 0 aromatic heterocycles. The summed E-state index contributed by atoms with van der Waals surface area (Å²) < 4.78 is 23.5. The Morgan fingerprint density at radius 3 is 2.30 bits per heavy atom. The Kier molecular flexibility index (Phi) is 11.2. The second-order valence-electron chi connectivity index (χ2n) is 7.11. The van der Waals surface area contributed by atoms with E-state index >= 15 is 0 Å². The molecule has 30 heavy (non-hydrogen) atoms. The van der Waals surface area contributed by atoms with Gasteiger partial charge in [0.1, 0.15) is 6.29 Å². The molecule has 8 nitrogen and oxygen atoms in total. The van der Waals surface area contributed by atoms with Gasteiger partial charge in [0, 0.05) is 49.4 Å². The normalized spacial score (nSPS) is 17.0. The van der Waals surface area contributed by atoms with E-state index in [9.17, 15) is 9.36 Å². The van der Waals surface area contributed by atoms with Crippen molar-refractivity contribution >= 4 is 25.5 Å². The van der Waals surface area contributed by atoms with Crippen LogP contribution in [0.3, 0.4) is 0 Å². The van der Waals surface area contributed by atoms with E-state index in [0.29, 0.717) is 25.3 Å². The van der Waals surface area contributed by atoms with Gasteiger partial charge in [0.15, 0.2) is 0 Å². The van der Waals surface area contributed by atoms with E-state index in [2.05, 4.69) is 15.1 Å². The third kappa shape index (κ3) is 9.37. The standard InChI is InChI=1S/C20H34N3O5PS/c1-3-27-29(26,28-4-2)17-23-14-12-22(13-15-23)11-10-18(21-20(24)25)16-30-19-8-6-5-7-9-19/h5-9,18,21H,3-4,10-17H2,1-2H3,(H,24,25). The van der Waals surface area contributed by atoms with Crippen LogP contribution in [0.4, 0.5) is 4.79 Å². The maximum atomic E-state index is 12.7. The average molecular weight is 460 g/mol. The lowest BCUT2D eigenvalue weighted by Gasteiger charge is -2.36. The highest BCUT2D eigenvalue weighted by atomic mass is 32.2. The molecule has 1 saturated heterocycles. The summed E-state index contributed by atoms with van der Waals surface area (Å²) in [5, 5.41) is 11.8. The van der Waals surface area contributed by atoms with Crippen molar-refractivity contribution in [1.82, 2.24) is 15.1 Å². The Balaban J connectivity index is 1.76. The molecule has 1 unspecified atom stereocenters. The predicted octanol–water partition coefficient (Wildman–Crippen LogP) is 3.65. The molecule has 1 heterocycles. The molecule has 0 aliphatic carbocycles. The third-order valence-electron chi connectivity index (χ3n) is 4.81. The third-order valence-corrected chi connectivity index (χ3v) is 8.03. The largest absolute Gasteiger partial charge is 0.465 e. The monoisotopic (exact) mass is 459 g/mol. The molecule has 1 amide bonds. The molecule has 0 spiro atoms. The fourth-order valence-corrected chi connectivity index (χ4v) is 6.13. The van der Waals surface area contributed by atoms with Crippen LogP contribution in [0.2, 0.25) is 0 Å². The minimum atomic E-state index is -3.06. The molecular weight excluding hydrogens is 425 g/mol. The number of amides is 1. The molecule has 0 bridgehead atoms. The van der Waals surface area contributed by atoms with Gasteiger partial charge in [-0.05, 0) is 32.4 Å². The molecule has 1 aliphatic heterocycles. The molecule has 1 aliphatic rings. The van der Waals surface area contributed by atoms with Crippen molar-refractivity contribution in [2.75, 3.05) is 58.0 Å².